The number of carbonyl (C=O) groups is 10. The quantitative estimate of drug-likeness (QED) is 0.0311. The van der Waals surface area contributed by atoms with Crippen LogP contribution in [0.25, 0.3) is 0 Å². The molecule has 3 rings (SSSR count). The number of ketones is 1. The van der Waals surface area contributed by atoms with Crippen molar-refractivity contribution >= 4 is 58.9 Å². The lowest BCUT2D eigenvalue weighted by Gasteiger charge is -2.26. The van der Waals surface area contributed by atoms with Crippen molar-refractivity contribution in [2.75, 3.05) is 26.2 Å². The van der Waals surface area contributed by atoms with Gasteiger partial charge in [0.1, 0.15) is 42.0 Å². The fourth-order valence-corrected chi connectivity index (χ4v) is 7.66. The molecule has 23 heteroatoms. The molecule has 8 atom stereocenters. The Morgan fingerprint density at radius 3 is 1.35 bits per heavy atom. The molecule has 8 unspecified atom stereocenters. The number of hydrogen-bond acceptors (Lipinski definition) is 14. The van der Waals surface area contributed by atoms with Gasteiger partial charge in [-0.3, -0.25) is 47.9 Å². The fraction of sp³-hybridized carbons (Fsp3) is 0.481. The summed E-state index contributed by atoms with van der Waals surface area (Å²) >= 11 is 0. The topological polar surface area (TPSA) is 366 Å². The van der Waals surface area contributed by atoms with Crippen molar-refractivity contribution in [2.24, 2.45) is 5.73 Å². The van der Waals surface area contributed by atoms with Crippen molar-refractivity contribution in [3.8, 4) is 5.75 Å². The van der Waals surface area contributed by atoms with Crippen molar-refractivity contribution in [1.29, 1.82) is 0 Å². The summed E-state index contributed by atoms with van der Waals surface area (Å²) in [7, 11) is 0. The van der Waals surface area contributed by atoms with Gasteiger partial charge in [0, 0.05) is 19.3 Å². The van der Waals surface area contributed by atoms with Crippen LogP contribution in [0.5, 0.6) is 5.75 Å². The molecule has 0 spiro atoms. The molecule has 0 saturated heterocycles. The van der Waals surface area contributed by atoms with Crippen LogP contribution in [-0.4, -0.2) is 149 Å². The zero-order valence-corrected chi connectivity index (χ0v) is 44.1. The Balaban J connectivity index is 1.69. The van der Waals surface area contributed by atoms with Gasteiger partial charge in [-0.1, -0.05) is 119 Å². The number of rotatable bonds is 34. The van der Waals surface area contributed by atoms with Crippen LogP contribution in [0.2, 0.25) is 0 Å². The van der Waals surface area contributed by atoms with Gasteiger partial charge in [0.25, 0.3) is 0 Å². The summed E-state index contributed by atoms with van der Waals surface area (Å²) in [6.07, 6.45) is 2.76. The second-order valence-corrected chi connectivity index (χ2v) is 18.6. The van der Waals surface area contributed by atoms with E-state index < -0.39 is 128 Å². The second-order valence-electron chi connectivity index (χ2n) is 18.6. The monoisotopic (exact) mass is 1070 g/mol. The number of hydrogen-bond donors (Lipinski definition) is 13. The van der Waals surface area contributed by atoms with Crippen molar-refractivity contribution in [3.05, 3.63) is 102 Å². The Morgan fingerprint density at radius 1 is 0.468 bits per heavy atom. The summed E-state index contributed by atoms with van der Waals surface area (Å²) in [6.45, 7) is 3.75. The van der Waals surface area contributed by atoms with E-state index in [-0.39, 0.29) is 37.2 Å². The lowest BCUT2D eigenvalue weighted by Crippen LogP contribution is -2.59. The summed E-state index contributed by atoms with van der Waals surface area (Å²) in [5.41, 5.74) is 7.64. The molecule has 9 amide bonds. The SMILES string of the molecule is CCCCCC(NC(=O)CNC(=O)C(CCCC)NC(=O)C(CO)NC(=O)CNC(=O)CNC(=O)C(Cc1ccc(O)cc1)NC(=O)C(Cc1ccccc1)NC(=O)C(Cc1ccccc1)NC(=O)C(N)C(C)O)C(C)=O. The molecule has 0 bridgehead atoms. The predicted octanol–water partition coefficient (Wildman–Crippen LogP) is -1.26. The van der Waals surface area contributed by atoms with Gasteiger partial charge >= 0.3 is 0 Å². The first-order valence-electron chi connectivity index (χ1n) is 25.8. The number of aliphatic hydroxyl groups excluding tert-OH is 2. The molecule has 3 aromatic carbocycles. The molecule has 0 fully saturated rings. The summed E-state index contributed by atoms with van der Waals surface area (Å²) in [6, 6.07) is 14.3. The number of benzene rings is 3. The molecular formula is C54H76N10O13. The van der Waals surface area contributed by atoms with E-state index in [0.717, 1.165) is 19.3 Å². The molecule has 0 aromatic heterocycles. The Morgan fingerprint density at radius 2 is 0.870 bits per heavy atom. The van der Waals surface area contributed by atoms with Crippen molar-refractivity contribution < 1.29 is 63.3 Å². The number of aliphatic hydroxyl groups is 2. The van der Waals surface area contributed by atoms with Crippen LogP contribution in [-0.2, 0) is 67.2 Å². The molecule has 420 valence electrons. The first-order chi connectivity index (χ1) is 36.7. The summed E-state index contributed by atoms with van der Waals surface area (Å²) in [5, 5.41) is 52.4. The fourth-order valence-electron chi connectivity index (χ4n) is 7.66. The number of aromatic hydroxyl groups is 1. The molecule has 0 saturated carbocycles. The van der Waals surface area contributed by atoms with Crippen LogP contribution >= 0.6 is 0 Å². The highest BCUT2D eigenvalue weighted by Crippen LogP contribution is 2.13. The largest absolute Gasteiger partial charge is 0.508 e. The van der Waals surface area contributed by atoms with E-state index in [9.17, 15) is 63.3 Å². The van der Waals surface area contributed by atoms with E-state index in [2.05, 4.69) is 47.9 Å². The number of phenols is 1. The number of unbranched alkanes of at least 4 members (excludes halogenated alkanes) is 3. The van der Waals surface area contributed by atoms with Gasteiger partial charge in [-0.15, -0.1) is 0 Å². The van der Waals surface area contributed by atoms with E-state index in [1.165, 1.54) is 38.1 Å². The number of Topliss-reactive ketones (excluding diaryl/α,β-unsaturated/α-hetero) is 1. The van der Waals surface area contributed by atoms with Crippen LogP contribution in [0.4, 0.5) is 0 Å². The van der Waals surface area contributed by atoms with E-state index in [0.29, 0.717) is 36.0 Å². The molecule has 0 heterocycles. The van der Waals surface area contributed by atoms with Crippen LogP contribution in [0.15, 0.2) is 84.9 Å². The van der Waals surface area contributed by atoms with Crippen molar-refractivity contribution in [2.45, 2.75) is 140 Å². The lowest BCUT2D eigenvalue weighted by atomic mass is 10.0. The maximum Gasteiger partial charge on any atom is 0.245 e. The highest BCUT2D eigenvalue weighted by Gasteiger charge is 2.33. The van der Waals surface area contributed by atoms with Crippen molar-refractivity contribution in [1.82, 2.24) is 47.9 Å². The summed E-state index contributed by atoms with van der Waals surface area (Å²) in [4.78, 5) is 132. The van der Waals surface area contributed by atoms with E-state index in [1.54, 1.807) is 60.7 Å². The Labute approximate surface area is 448 Å². The first-order valence-corrected chi connectivity index (χ1v) is 25.8. The number of nitrogens with one attached hydrogen (secondary N) is 9. The minimum Gasteiger partial charge on any atom is -0.508 e. The molecule has 77 heavy (non-hydrogen) atoms. The third-order valence-corrected chi connectivity index (χ3v) is 12.2. The average Bonchev–Trinajstić information content (AvgIpc) is 3.41. The van der Waals surface area contributed by atoms with Crippen molar-refractivity contribution in [3.63, 3.8) is 0 Å². The lowest BCUT2D eigenvalue weighted by molar-refractivity contribution is -0.134. The number of carbonyl (C=O) groups excluding carboxylic acids is 10. The van der Waals surface area contributed by atoms with E-state index in [1.807, 2.05) is 13.8 Å². The van der Waals surface area contributed by atoms with Gasteiger partial charge in [0.15, 0.2) is 5.78 Å². The van der Waals surface area contributed by atoms with Gasteiger partial charge in [-0.25, -0.2) is 0 Å². The molecule has 0 aliphatic rings. The third kappa shape index (κ3) is 23.8. The predicted molar refractivity (Wildman–Crippen MR) is 284 cm³/mol. The minimum absolute atomic E-state index is 0.0216. The highest BCUT2D eigenvalue weighted by molar-refractivity contribution is 5.97. The summed E-state index contributed by atoms with van der Waals surface area (Å²) in [5.74, 6) is -7.62. The standard InChI is InChI=1S/C54H76N10O13/c1-5-7-11-21-39(33(3)66)59-47(71)31-58-49(72)40(20-8-6-2)61-53(76)44(32-65)60-46(70)30-56-45(69)29-57-50(73)41(28-37-22-24-38(68)25-23-37)62-51(74)42(26-35-16-12-9-13-17-35)63-52(75)43(27-36-18-14-10-15-19-36)64-54(77)48(55)34(4)67/h9-10,12-19,22-25,34,39-44,48,65,67-68H,5-8,11,20-21,26-32,55H2,1-4H3,(H,56,69)(H,57,73)(H,58,72)(H,59,71)(H,60,70)(H,61,76)(H,62,74)(H,63,75)(H,64,77). The second kappa shape index (κ2) is 34.0. The first kappa shape index (κ1) is 63.5. The Kier molecular flexibility index (Phi) is 28.1. The molecular weight excluding hydrogens is 997 g/mol. The van der Waals surface area contributed by atoms with Gasteiger partial charge in [-0.2, -0.15) is 0 Å². The number of phenolic OH excluding ortho intramolecular Hbond substituents is 1. The van der Waals surface area contributed by atoms with Crippen LogP contribution in [0.3, 0.4) is 0 Å². The maximum atomic E-state index is 14.3. The third-order valence-electron chi connectivity index (χ3n) is 12.2. The van der Waals surface area contributed by atoms with Gasteiger partial charge in [0.2, 0.25) is 53.2 Å². The molecule has 23 nitrogen and oxygen atoms in total. The smallest absolute Gasteiger partial charge is 0.245 e. The molecule has 0 radical (unpaired) electrons. The van der Waals surface area contributed by atoms with Gasteiger partial charge < -0.3 is 68.9 Å². The number of nitrogens with two attached hydrogens (primary N) is 1. The maximum absolute atomic E-state index is 14.3. The zero-order chi connectivity index (χ0) is 56.9. The van der Waals surface area contributed by atoms with Gasteiger partial charge in [-0.05, 0) is 55.5 Å². The Hall–Kier alpha value is -7.76. The zero-order valence-electron chi connectivity index (χ0n) is 44.1. The van der Waals surface area contributed by atoms with E-state index in [4.69, 9.17) is 5.73 Å². The molecule has 0 aliphatic carbocycles. The van der Waals surface area contributed by atoms with Crippen LogP contribution < -0.4 is 53.6 Å². The Bertz CT molecular complexity index is 2410. The minimum atomic E-state index is -1.57. The van der Waals surface area contributed by atoms with E-state index >= 15 is 0 Å². The highest BCUT2D eigenvalue weighted by atomic mass is 16.3. The normalized spacial score (nSPS) is 14.0. The van der Waals surface area contributed by atoms with Crippen LogP contribution in [0, 0.1) is 0 Å². The van der Waals surface area contributed by atoms with Gasteiger partial charge in [0.05, 0.1) is 38.4 Å². The number of amides is 9. The average molecular weight is 1070 g/mol. The molecule has 3 aromatic rings. The summed E-state index contributed by atoms with van der Waals surface area (Å²) < 4.78 is 0. The molecule has 0 aliphatic heterocycles. The molecule has 14 N–H and O–H groups in total. The van der Waals surface area contributed by atoms with Crippen LogP contribution in [0.1, 0.15) is 89.3 Å².